The van der Waals surface area contributed by atoms with Crippen LogP contribution in [0.15, 0.2) is 23.2 Å². The summed E-state index contributed by atoms with van der Waals surface area (Å²) >= 11 is 2.16. The van der Waals surface area contributed by atoms with E-state index in [0.717, 1.165) is 14.8 Å². The molecule has 0 bridgehead atoms. The van der Waals surface area contributed by atoms with E-state index in [1.54, 1.807) is 20.8 Å². The van der Waals surface area contributed by atoms with Gasteiger partial charge < -0.3 is 9.47 Å². The minimum atomic E-state index is -0.280. The Morgan fingerprint density at radius 1 is 1.14 bits per heavy atom. The molecule has 120 valence electrons. The van der Waals surface area contributed by atoms with E-state index >= 15 is 0 Å². The molecule has 5 nitrogen and oxygen atoms in total. The van der Waals surface area contributed by atoms with Gasteiger partial charge >= 0.3 is 11.9 Å². The van der Waals surface area contributed by atoms with Gasteiger partial charge in [0, 0.05) is 9.28 Å². The van der Waals surface area contributed by atoms with E-state index in [-0.39, 0.29) is 24.8 Å². The van der Waals surface area contributed by atoms with Crippen LogP contribution in [0.4, 0.5) is 5.69 Å². The summed E-state index contributed by atoms with van der Waals surface area (Å²) in [5, 5.41) is 0. The molecule has 0 radical (unpaired) electrons. The monoisotopic (exact) mass is 417 g/mol. The molecule has 0 aliphatic heterocycles. The standard InChI is InChI=1S/C16H20INO4/c1-4-21-15(19)8-11(3)18-14-7-6-12(9-13(14)17)10-16(20)22-5-2/h6-7,9H,4-5,8,10H2,1-3H3. The van der Waals surface area contributed by atoms with Crippen LogP contribution in [-0.4, -0.2) is 30.9 Å². The van der Waals surface area contributed by atoms with Gasteiger partial charge in [-0.2, -0.15) is 0 Å². The molecule has 0 aromatic heterocycles. The first-order valence-corrected chi connectivity index (χ1v) is 8.18. The molecule has 0 spiro atoms. The van der Waals surface area contributed by atoms with Crippen LogP contribution in [0.25, 0.3) is 0 Å². The highest BCUT2D eigenvalue weighted by molar-refractivity contribution is 14.1. The van der Waals surface area contributed by atoms with E-state index in [9.17, 15) is 9.59 Å². The topological polar surface area (TPSA) is 65.0 Å². The number of rotatable bonds is 7. The SMILES string of the molecule is CCOC(=O)CC(C)=Nc1ccc(CC(=O)OCC)cc1I. The summed E-state index contributed by atoms with van der Waals surface area (Å²) in [4.78, 5) is 27.3. The van der Waals surface area contributed by atoms with Crippen LogP contribution in [-0.2, 0) is 25.5 Å². The van der Waals surface area contributed by atoms with Gasteiger partial charge in [0.2, 0.25) is 0 Å². The van der Waals surface area contributed by atoms with Crippen molar-refractivity contribution >= 4 is 45.9 Å². The fourth-order valence-electron chi connectivity index (χ4n) is 1.80. The summed E-state index contributed by atoms with van der Waals surface area (Å²) in [6, 6.07) is 5.58. The zero-order chi connectivity index (χ0) is 16.5. The van der Waals surface area contributed by atoms with Crippen molar-refractivity contribution in [3.05, 3.63) is 27.3 Å². The molecule has 0 amide bonds. The van der Waals surface area contributed by atoms with Crippen LogP contribution < -0.4 is 0 Å². The molecular weight excluding hydrogens is 397 g/mol. The van der Waals surface area contributed by atoms with E-state index in [1.807, 2.05) is 18.2 Å². The second kappa shape index (κ2) is 9.55. The second-order valence-corrected chi connectivity index (χ2v) is 5.76. The van der Waals surface area contributed by atoms with Gasteiger partial charge in [-0.3, -0.25) is 14.6 Å². The molecule has 22 heavy (non-hydrogen) atoms. The highest BCUT2D eigenvalue weighted by Gasteiger charge is 2.08. The lowest BCUT2D eigenvalue weighted by Gasteiger charge is -2.06. The Labute approximate surface area is 144 Å². The number of carbonyl (C=O) groups is 2. The van der Waals surface area contributed by atoms with Crippen molar-refractivity contribution in [3.8, 4) is 0 Å². The van der Waals surface area contributed by atoms with Gasteiger partial charge in [0.15, 0.2) is 0 Å². The second-order valence-electron chi connectivity index (χ2n) is 4.60. The molecule has 0 heterocycles. The first kappa shape index (κ1) is 18.6. The zero-order valence-electron chi connectivity index (χ0n) is 13.0. The number of aliphatic imine (C=N–C) groups is 1. The normalized spacial score (nSPS) is 11.2. The minimum absolute atomic E-state index is 0.175. The van der Waals surface area contributed by atoms with E-state index < -0.39 is 0 Å². The molecule has 0 aliphatic carbocycles. The van der Waals surface area contributed by atoms with E-state index in [0.29, 0.717) is 18.9 Å². The molecular formula is C16H20INO4. The molecule has 6 heteroatoms. The van der Waals surface area contributed by atoms with E-state index in [1.165, 1.54) is 0 Å². The maximum Gasteiger partial charge on any atom is 0.311 e. The van der Waals surface area contributed by atoms with Crippen molar-refractivity contribution < 1.29 is 19.1 Å². The van der Waals surface area contributed by atoms with Crippen LogP contribution in [0.3, 0.4) is 0 Å². The predicted molar refractivity (Wildman–Crippen MR) is 93.5 cm³/mol. The minimum Gasteiger partial charge on any atom is -0.466 e. The zero-order valence-corrected chi connectivity index (χ0v) is 15.2. The van der Waals surface area contributed by atoms with Crippen LogP contribution in [0.1, 0.15) is 32.8 Å². The fourth-order valence-corrected chi connectivity index (χ4v) is 2.50. The lowest BCUT2D eigenvalue weighted by Crippen LogP contribution is -2.08. The van der Waals surface area contributed by atoms with Gasteiger partial charge in [-0.25, -0.2) is 0 Å². The van der Waals surface area contributed by atoms with Crippen molar-refractivity contribution in [2.45, 2.75) is 33.6 Å². The summed E-state index contributed by atoms with van der Waals surface area (Å²) in [7, 11) is 0. The summed E-state index contributed by atoms with van der Waals surface area (Å²) in [6.07, 6.45) is 0.421. The van der Waals surface area contributed by atoms with Crippen LogP contribution in [0, 0.1) is 3.57 Å². The molecule has 1 aromatic carbocycles. The Balaban J connectivity index is 2.76. The van der Waals surface area contributed by atoms with Gasteiger partial charge in [0.05, 0.1) is 31.7 Å². The van der Waals surface area contributed by atoms with Crippen LogP contribution in [0.5, 0.6) is 0 Å². The number of esters is 2. The quantitative estimate of drug-likeness (QED) is 0.387. The van der Waals surface area contributed by atoms with Gasteiger partial charge in [0.1, 0.15) is 0 Å². The highest BCUT2D eigenvalue weighted by Crippen LogP contribution is 2.23. The lowest BCUT2D eigenvalue weighted by atomic mass is 10.1. The predicted octanol–water partition coefficient (Wildman–Crippen LogP) is 3.44. The molecule has 0 atom stereocenters. The number of hydrogen-bond donors (Lipinski definition) is 0. The smallest absolute Gasteiger partial charge is 0.311 e. The number of hydrogen-bond acceptors (Lipinski definition) is 5. The average molecular weight is 417 g/mol. The molecule has 0 aliphatic rings. The number of halogens is 1. The van der Waals surface area contributed by atoms with Gasteiger partial charge in [-0.1, -0.05) is 6.07 Å². The molecule has 0 saturated heterocycles. The summed E-state index contributed by atoms with van der Waals surface area (Å²) in [5.41, 5.74) is 2.34. The molecule has 1 aromatic rings. The lowest BCUT2D eigenvalue weighted by molar-refractivity contribution is -0.142. The fraction of sp³-hybridized carbons (Fsp3) is 0.438. The van der Waals surface area contributed by atoms with E-state index in [2.05, 4.69) is 27.6 Å². The third-order valence-corrected chi connectivity index (χ3v) is 3.55. The van der Waals surface area contributed by atoms with Crippen molar-refractivity contribution in [3.63, 3.8) is 0 Å². The van der Waals surface area contributed by atoms with Crippen molar-refractivity contribution in [1.29, 1.82) is 0 Å². The first-order chi connectivity index (χ1) is 10.5. The molecule has 0 saturated carbocycles. The van der Waals surface area contributed by atoms with Gasteiger partial charge in [0.25, 0.3) is 0 Å². The Morgan fingerprint density at radius 2 is 1.77 bits per heavy atom. The summed E-state index contributed by atoms with van der Waals surface area (Å²) in [6.45, 7) is 6.10. The summed E-state index contributed by atoms with van der Waals surface area (Å²) in [5.74, 6) is -0.522. The third kappa shape index (κ3) is 6.55. The molecule has 1 rings (SSSR count). The van der Waals surface area contributed by atoms with Crippen molar-refractivity contribution in [2.24, 2.45) is 4.99 Å². The highest BCUT2D eigenvalue weighted by atomic mass is 127. The Hall–Kier alpha value is -1.44. The molecule has 0 unspecified atom stereocenters. The number of carbonyl (C=O) groups excluding carboxylic acids is 2. The van der Waals surface area contributed by atoms with E-state index in [4.69, 9.17) is 9.47 Å². The Kier molecular flexibility index (Phi) is 8.08. The number of benzene rings is 1. The van der Waals surface area contributed by atoms with Gasteiger partial charge in [-0.15, -0.1) is 0 Å². The Morgan fingerprint density at radius 3 is 2.36 bits per heavy atom. The van der Waals surface area contributed by atoms with Crippen molar-refractivity contribution in [1.82, 2.24) is 0 Å². The third-order valence-electron chi connectivity index (χ3n) is 2.68. The molecule has 0 fully saturated rings. The Bertz CT molecular complexity index is 569. The number of nitrogens with zero attached hydrogens (tertiary/aromatic N) is 1. The maximum atomic E-state index is 11.5. The van der Waals surface area contributed by atoms with Gasteiger partial charge in [-0.05, 0) is 61.1 Å². The van der Waals surface area contributed by atoms with Crippen molar-refractivity contribution in [2.75, 3.05) is 13.2 Å². The largest absolute Gasteiger partial charge is 0.466 e. The maximum absolute atomic E-state index is 11.5. The van der Waals surface area contributed by atoms with Crippen LogP contribution in [0.2, 0.25) is 0 Å². The number of ether oxygens (including phenoxy) is 2. The van der Waals surface area contributed by atoms with Crippen LogP contribution >= 0.6 is 22.6 Å². The first-order valence-electron chi connectivity index (χ1n) is 7.10. The average Bonchev–Trinajstić information content (AvgIpc) is 2.42. The molecule has 0 N–H and O–H groups in total. The summed E-state index contributed by atoms with van der Waals surface area (Å²) < 4.78 is 10.7.